The summed E-state index contributed by atoms with van der Waals surface area (Å²) in [6, 6.07) is 3.80. The summed E-state index contributed by atoms with van der Waals surface area (Å²) in [5, 5.41) is 0.601. The molecule has 3 nitrogen and oxygen atoms in total. The smallest absolute Gasteiger partial charge is 0.0656 e. The molecular weight excluding hydrogens is 224 g/mol. The third-order valence-corrected chi connectivity index (χ3v) is 2.83. The molecule has 0 spiro atoms. The first-order chi connectivity index (χ1) is 7.56. The first kappa shape index (κ1) is 13.1. The molecule has 90 valence electrons. The summed E-state index contributed by atoms with van der Waals surface area (Å²) in [5.41, 5.74) is 8.58. The molecule has 1 aromatic rings. The molecule has 0 amide bonds. The van der Waals surface area contributed by atoms with Crippen molar-refractivity contribution >= 4 is 23.0 Å². The lowest BCUT2D eigenvalue weighted by atomic mass is 10.1. The molecule has 0 atom stereocenters. The van der Waals surface area contributed by atoms with Crippen molar-refractivity contribution < 1.29 is 4.74 Å². The van der Waals surface area contributed by atoms with E-state index in [9.17, 15) is 0 Å². The topological polar surface area (TPSA) is 38.5 Å². The second-order valence-corrected chi connectivity index (χ2v) is 4.19. The quantitative estimate of drug-likeness (QED) is 0.637. The zero-order chi connectivity index (χ0) is 12.1. The van der Waals surface area contributed by atoms with Crippen molar-refractivity contribution in [1.29, 1.82) is 0 Å². The summed E-state index contributed by atoms with van der Waals surface area (Å²) in [5.74, 6) is 0. The molecule has 0 radical (unpaired) electrons. The lowest BCUT2D eigenvalue weighted by Crippen LogP contribution is -2.23. The summed E-state index contributed by atoms with van der Waals surface area (Å²) in [6.07, 6.45) is 0. The normalized spacial score (nSPS) is 10.5. The van der Waals surface area contributed by atoms with Gasteiger partial charge in [-0.1, -0.05) is 11.6 Å². The Kier molecular flexibility index (Phi) is 4.90. The molecule has 4 heteroatoms. The number of nitrogens with zero attached hydrogens (tertiary/aromatic N) is 1. The minimum Gasteiger partial charge on any atom is -0.398 e. The van der Waals surface area contributed by atoms with Crippen LogP contribution in [0.1, 0.15) is 12.5 Å². The van der Waals surface area contributed by atoms with Gasteiger partial charge in [-0.15, -0.1) is 0 Å². The van der Waals surface area contributed by atoms with Crippen LogP contribution in [0, 0.1) is 6.92 Å². The maximum absolute atomic E-state index is 6.01. The number of aryl methyl sites for hydroxylation is 1. The molecule has 0 aromatic heterocycles. The van der Waals surface area contributed by atoms with Crippen molar-refractivity contribution in [1.82, 2.24) is 0 Å². The Morgan fingerprint density at radius 3 is 2.75 bits per heavy atom. The predicted molar refractivity (Wildman–Crippen MR) is 70.4 cm³/mol. The van der Waals surface area contributed by atoms with Gasteiger partial charge >= 0.3 is 0 Å². The molecule has 0 aliphatic rings. The van der Waals surface area contributed by atoms with E-state index in [2.05, 4.69) is 4.90 Å². The molecule has 0 saturated carbocycles. The van der Waals surface area contributed by atoms with Crippen molar-refractivity contribution in [3.8, 4) is 0 Å². The van der Waals surface area contributed by atoms with Gasteiger partial charge in [-0.2, -0.15) is 0 Å². The fourth-order valence-corrected chi connectivity index (χ4v) is 1.73. The van der Waals surface area contributed by atoms with Gasteiger partial charge in [0, 0.05) is 25.9 Å². The van der Waals surface area contributed by atoms with Crippen molar-refractivity contribution in [2.24, 2.45) is 0 Å². The fraction of sp³-hybridized carbons (Fsp3) is 0.500. The van der Waals surface area contributed by atoms with Crippen molar-refractivity contribution in [2.75, 3.05) is 37.4 Å². The predicted octanol–water partition coefficient (Wildman–Crippen LogP) is 2.70. The number of nitrogen functional groups attached to an aromatic ring is 1. The first-order valence-electron chi connectivity index (χ1n) is 5.40. The number of hydrogen-bond donors (Lipinski definition) is 1. The number of rotatable bonds is 5. The third-order valence-electron chi connectivity index (χ3n) is 2.50. The SMILES string of the molecule is CCOCCN(C)c1cc(Cl)c(N)cc1C. The molecule has 2 N–H and O–H groups in total. The highest BCUT2D eigenvalue weighted by atomic mass is 35.5. The third kappa shape index (κ3) is 3.29. The van der Waals surface area contributed by atoms with Crippen molar-refractivity contribution in [3.63, 3.8) is 0 Å². The molecule has 1 aromatic carbocycles. The van der Waals surface area contributed by atoms with E-state index < -0.39 is 0 Å². The summed E-state index contributed by atoms with van der Waals surface area (Å²) in [4.78, 5) is 2.12. The number of benzene rings is 1. The Balaban J connectivity index is 2.75. The van der Waals surface area contributed by atoms with Gasteiger partial charge in [-0.05, 0) is 31.5 Å². The lowest BCUT2D eigenvalue weighted by molar-refractivity contribution is 0.154. The van der Waals surface area contributed by atoms with Crippen LogP contribution < -0.4 is 10.6 Å². The highest BCUT2D eigenvalue weighted by Gasteiger charge is 2.07. The fourth-order valence-electron chi connectivity index (χ4n) is 1.57. The van der Waals surface area contributed by atoms with Crippen LogP contribution in [0.5, 0.6) is 0 Å². The van der Waals surface area contributed by atoms with Crippen LogP contribution >= 0.6 is 11.6 Å². The maximum Gasteiger partial charge on any atom is 0.0656 e. The maximum atomic E-state index is 6.01. The zero-order valence-corrected chi connectivity index (χ0v) is 10.8. The van der Waals surface area contributed by atoms with E-state index in [0.29, 0.717) is 17.3 Å². The summed E-state index contributed by atoms with van der Waals surface area (Å²) < 4.78 is 5.32. The van der Waals surface area contributed by atoms with Gasteiger partial charge in [0.15, 0.2) is 0 Å². The van der Waals surface area contributed by atoms with Crippen LogP contribution in [0.25, 0.3) is 0 Å². The highest BCUT2D eigenvalue weighted by Crippen LogP contribution is 2.28. The summed E-state index contributed by atoms with van der Waals surface area (Å²) >= 11 is 6.01. The Labute approximate surface area is 102 Å². The average Bonchev–Trinajstić information content (AvgIpc) is 2.23. The summed E-state index contributed by atoms with van der Waals surface area (Å²) in [7, 11) is 2.02. The Hall–Kier alpha value is -0.930. The van der Waals surface area contributed by atoms with E-state index in [0.717, 1.165) is 24.4 Å². The van der Waals surface area contributed by atoms with E-state index in [-0.39, 0.29) is 0 Å². The standard InChI is InChI=1S/C12H19ClN2O/c1-4-16-6-5-15(3)12-8-10(13)11(14)7-9(12)2/h7-8H,4-6,14H2,1-3H3. The Morgan fingerprint density at radius 1 is 1.44 bits per heavy atom. The minimum atomic E-state index is 0.601. The number of halogens is 1. The molecule has 0 fully saturated rings. The van der Waals surface area contributed by atoms with Crippen LogP contribution in [0.2, 0.25) is 5.02 Å². The number of likely N-dealkylation sites (N-methyl/N-ethyl adjacent to an activating group) is 1. The Morgan fingerprint density at radius 2 is 2.12 bits per heavy atom. The molecule has 0 bridgehead atoms. The summed E-state index contributed by atoms with van der Waals surface area (Å²) in [6.45, 7) is 6.32. The molecule has 0 unspecified atom stereocenters. The van der Waals surface area contributed by atoms with Crippen LogP contribution in [-0.4, -0.2) is 26.8 Å². The number of ether oxygens (including phenoxy) is 1. The second kappa shape index (κ2) is 5.97. The van der Waals surface area contributed by atoms with Crippen molar-refractivity contribution in [3.05, 3.63) is 22.7 Å². The van der Waals surface area contributed by atoms with Gasteiger partial charge in [-0.3, -0.25) is 0 Å². The molecule has 0 heterocycles. The van der Waals surface area contributed by atoms with Crippen LogP contribution in [0.15, 0.2) is 12.1 Å². The van der Waals surface area contributed by atoms with Gasteiger partial charge in [-0.25, -0.2) is 0 Å². The molecule has 0 aliphatic carbocycles. The van der Waals surface area contributed by atoms with E-state index in [1.54, 1.807) is 0 Å². The lowest BCUT2D eigenvalue weighted by Gasteiger charge is -2.22. The van der Waals surface area contributed by atoms with E-state index in [1.165, 1.54) is 0 Å². The second-order valence-electron chi connectivity index (χ2n) is 3.78. The van der Waals surface area contributed by atoms with Gasteiger partial charge in [0.25, 0.3) is 0 Å². The minimum absolute atomic E-state index is 0.601. The van der Waals surface area contributed by atoms with Crippen LogP contribution in [0.3, 0.4) is 0 Å². The number of nitrogens with two attached hydrogens (primary N) is 1. The van der Waals surface area contributed by atoms with Gasteiger partial charge < -0.3 is 15.4 Å². The van der Waals surface area contributed by atoms with Crippen molar-refractivity contribution in [2.45, 2.75) is 13.8 Å². The van der Waals surface area contributed by atoms with Gasteiger partial charge in [0.2, 0.25) is 0 Å². The molecule has 1 rings (SSSR count). The molecule has 0 aliphatic heterocycles. The first-order valence-corrected chi connectivity index (χ1v) is 5.78. The van der Waals surface area contributed by atoms with E-state index >= 15 is 0 Å². The zero-order valence-electron chi connectivity index (χ0n) is 10.1. The van der Waals surface area contributed by atoms with Crippen LogP contribution in [0.4, 0.5) is 11.4 Å². The van der Waals surface area contributed by atoms with Crippen LogP contribution in [-0.2, 0) is 4.74 Å². The molecule has 16 heavy (non-hydrogen) atoms. The molecular formula is C12H19ClN2O. The van der Waals surface area contributed by atoms with E-state index in [4.69, 9.17) is 22.1 Å². The molecule has 0 saturated heterocycles. The largest absolute Gasteiger partial charge is 0.398 e. The van der Waals surface area contributed by atoms with Gasteiger partial charge in [0.1, 0.15) is 0 Å². The average molecular weight is 243 g/mol. The number of hydrogen-bond acceptors (Lipinski definition) is 3. The Bertz CT molecular complexity index is 355. The van der Waals surface area contributed by atoms with Gasteiger partial charge in [0.05, 0.1) is 17.3 Å². The highest BCUT2D eigenvalue weighted by molar-refractivity contribution is 6.33. The number of anilines is 2. The van der Waals surface area contributed by atoms with E-state index in [1.807, 2.05) is 33.0 Å². The monoisotopic (exact) mass is 242 g/mol.